The van der Waals surface area contributed by atoms with E-state index in [1.807, 2.05) is 0 Å². The van der Waals surface area contributed by atoms with E-state index in [4.69, 9.17) is 5.73 Å². The molecule has 0 spiro atoms. The Hall–Kier alpha value is -3.19. The monoisotopic (exact) mass is 498 g/mol. The Kier molecular flexibility index (Phi) is 7.03. The molecule has 13 heteroatoms. The van der Waals surface area contributed by atoms with Gasteiger partial charge < -0.3 is 21.1 Å². The summed E-state index contributed by atoms with van der Waals surface area (Å²) in [5.41, 5.74) is 5.43. The molecule has 3 heterocycles. The van der Waals surface area contributed by atoms with E-state index < -0.39 is 42.2 Å². The second-order valence-electron chi connectivity index (χ2n) is 7.81. The van der Waals surface area contributed by atoms with Gasteiger partial charge in [0.15, 0.2) is 11.5 Å². The number of carbonyl (C=O) groups excluding carboxylic acids is 1. The number of nitrogens with zero attached hydrogens (tertiary/aromatic N) is 4. The van der Waals surface area contributed by atoms with Gasteiger partial charge in [0.1, 0.15) is 33.9 Å². The summed E-state index contributed by atoms with van der Waals surface area (Å²) in [5, 5.41) is 16.4. The van der Waals surface area contributed by atoms with Crippen LogP contribution >= 0.6 is 11.3 Å². The summed E-state index contributed by atoms with van der Waals surface area (Å²) in [6, 6.07) is 3.34. The van der Waals surface area contributed by atoms with E-state index >= 15 is 0 Å². The first-order chi connectivity index (χ1) is 16.2. The SMILES string of the molecule is Nc1sc(-c2c(F)cccc2F)nc1C(=O)Nc1cnn(CC(F)F)c1N1CCCC(O)CC1. The maximum absolute atomic E-state index is 14.1. The number of hydrogen-bond donors (Lipinski definition) is 3. The van der Waals surface area contributed by atoms with E-state index in [2.05, 4.69) is 15.4 Å². The first-order valence-electron chi connectivity index (χ1n) is 10.5. The van der Waals surface area contributed by atoms with Crippen molar-refractivity contribution in [3.63, 3.8) is 0 Å². The highest BCUT2D eigenvalue weighted by Gasteiger charge is 2.26. The molecule has 1 aliphatic heterocycles. The van der Waals surface area contributed by atoms with Gasteiger partial charge in [0.2, 0.25) is 0 Å². The fourth-order valence-electron chi connectivity index (χ4n) is 3.84. The van der Waals surface area contributed by atoms with Gasteiger partial charge in [-0.25, -0.2) is 27.2 Å². The van der Waals surface area contributed by atoms with Crippen LogP contribution in [0.25, 0.3) is 10.6 Å². The number of halogens is 4. The lowest BCUT2D eigenvalue weighted by atomic mass is 10.2. The molecule has 3 aromatic rings. The molecule has 182 valence electrons. The van der Waals surface area contributed by atoms with Crippen LogP contribution in [0.1, 0.15) is 29.8 Å². The molecule has 4 N–H and O–H groups in total. The first kappa shape index (κ1) is 24.0. The van der Waals surface area contributed by atoms with Gasteiger partial charge in [-0.2, -0.15) is 5.10 Å². The topological polar surface area (TPSA) is 109 Å². The zero-order chi connectivity index (χ0) is 24.4. The van der Waals surface area contributed by atoms with Crippen molar-refractivity contribution in [2.24, 2.45) is 0 Å². The van der Waals surface area contributed by atoms with Crippen LogP contribution in [-0.2, 0) is 6.54 Å². The zero-order valence-electron chi connectivity index (χ0n) is 17.8. The van der Waals surface area contributed by atoms with Crippen molar-refractivity contribution in [2.75, 3.05) is 29.0 Å². The number of nitrogen functional groups attached to an aromatic ring is 1. The Bertz CT molecular complexity index is 1160. The van der Waals surface area contributed by atoms with Crippen LogP contribution in [0.2, 0.25) is 0 Å². The Morgan fingerprint density at radius 1 is 1.26 bits per heavy atom. The van der Waals surface area contributed by atoms with Crippen LogP contribution in [0.4, 0.5) is 34.1 Å². The van der Waals surface area contributed by atoms with E-state index in [0.717, 1.165) is 28.2 Å². The Balaban J connectivity index is 1.63. The minimum Gasteiger partial charge on any atom is -0.393 e. The number of aromatic nitrogens is 3. The van der Waals surface area contributed by atoms with Gasteiger partial charge >= 0.3 is 0 Å². The van der Waals surface area contributed by atoms with Gasteiger partial charge in [-0.1, -0.05) is 17.4 Å². The third-order valence-corrected chi connectivity index (χ3v) is 6.32. The Labute approximate surface area is 196 Å². The Morgan fingerprint density at radius 2 is 2.00 bits per heavy atom. The summed E-state index contributed by atoms with van der Waals surface area (Å²) in [6.07, 6.45) is -0.286. The molecule has 1 fully saturated rings. The second-order valence-corrected chi connectivity index (χ2v) is 8.84. The molecule has 8 nitrogen and oxygen atoms in total. The van der Waals surface area contributed by atoms with Crippen LogP contribution < -0.4 is 16.0 Å². The highest BCUT2D eigenvalue weighted by atomic mass is 32.1. The summed E-state index contributed by atoms with van der Waals surface area (Å²) in [7, 11) is 0. The average molecular weight is 499 g/mol. The van der Waals surface area contributed by atoms with Crippen LogP contribution in [-0.4, -0.2) is 51.4 Å². The van der Waals surface area contributed by atoms with E-state index in [1.54, 1.807) is 4.90 Å². The van der Waals surface area contributed by atoms with Gasteiger partial charge in [-0.3, -0.25) is 4.79 Å². The molecule has 0 saturated carbocycles. The number of aliphatic hydroxyl groups excluding tert-OH is 1. The number of aliphatic hydroxyl groups is 1. The summed E-state index contributed by atoms with van der Waals surface area (Å²) in [5.74, 6) is -2.19. The van der Waals surface area contributed by atoms with Gasteiger partial charge in [0.05, 0.1) is 17.9 Å². The van der Waals surface area contributed by atoms with Gasteiger partial charge in [-0.15, -0.1) is 0 Å². The number of nitrogens with two attached hydrogens (primary N) is 1. The standard InChI is InChI=1S/C21H22F4N6O2S/c22-12-4-1-5-13(23)16(12)20-29-17(18(26)34-20)19(33)28-14-9-27-31(10-15(24)25)21(14)30-7-2-3-11(32)6-8-30/h1,4-5,9,11,15,32H,2-3,6-8,10,26H2,(H,28,33). The van der Waals surface area contributed by atoms with Gasteiger partial charge in [0.25, 0.3) is 12.3 Å². The molecule has 4 rings (SSSR count). The minimum absolute atomic E-state index is 0.0606. The first-order valence-corrected chi connectivity index (χ1v) is 11.3. The summed E-state index contributed by atoms with van der Waals surface area (Å²) in [6.45, 7) is 0.179. The maximum atomic E-state index is 14.1. The quantitative estimate of drug-likeness (QED) is 0.447. The lowest BCUT2D eigenvalue weighted by Crippen LogP contribution is -2.29. The fraction of sp³-hybridized carbons (Fsp3) is 0.381. The number of amides is 1. The van der Waals surface area contributed by atoms with Crippen LogP contribution in [0.5, 0.6) is 0 Å². The number of anilines is 3. The molecular weight excluding hydrogens is 476 g/mol. The van der Waals surface area contributed by atoms with Crippen LogP contribution in [0, 0.1) is 11.6 Å². The zero-order valence-corrected chi connectivity index (χ0v) is 18.7. The lowest BCUT2D eigenvalue weighted by Gasteiger charge is -2.25. The summed E-state index contributed by atoms with van der Waals surface area (Å²) in [4.78, 5) is 18.8. The van der Waals surface area contributed by atoms with E-state index in [0.29, 0.717) is 32.4 Å². The largest absolute Gasteiger partial charge is 0.393 e. The van der Waals surface area contributed by atoms with Gasteiger partial charge in [-0.05, 0) is 31.4 Å². The number of benzene rings is 1. The van der Waals surface area contributed by atoms with E-state index in [1.165, 1.54) is 12.3 Å². The molecule has 34 heavy (non-hydrogen) atoms. The minimum atomic E-state index is -2.67. The number of carbonyl (C=O) groups is 1. The molecule has 1 saturated heterocycles. The molecule has 1 atom stereocenters. The number of rotatable bonds is 6. The predicted molar refractivity (Wildman–Crippen MR) is 120 cm³/mol. The second kappa shape index (κ2) is 9.97. The highest BCUT2D eigenvalue weighted by Crippen LogP contribution is 2.35. The molecule has 1 unspecified atom stereocenters. The number of hydrogen-bond acceptors (Lipinski definition) is 7. The van der Waals surface area contributed by atoms with Crippen LogP contribution in [0.15, 0.2) is 24.4 Å². The van der Waals surface area contributed by atoms with Gasteiger partial charge in [0, 0.05) is 13.1 Å². The summed E-state index contributed by atoms with van der Waals surface area (Å²) < 4.78 is 55.7. The fourth-order valence-corrected chi connectivity index (χ4v) is 4.72. The van der Waals surface area contributed by atoms with Crippen LogP contribution in [0.3, 0.4) is 0 Å². The molecule has 2 aromatic heterocycles. The molecule has 0 aliphatic carbocycles. The molecule has 1 aliphatic rings. The lowest BCUT2D eigenvalue weighted by molar-refractivity contribution is 0.102. The van der Waals surface area contributed by atoms with E-state index in [9.17, 15) is 27.5 Å². The predicted octanol–water partition coefficient (Wildman–Crippen LogP) is 3.74. The maximum Gasteiger partial charge on any atom is 0.277 e. The summed E-state index contributed by atoms with van der Waals surface area (Å²) >= 11 is 0.751. The third-order valence-electron chi connectivity index (χ3n) is 5.41. The normalized spacial score (nSPS) is 16.6. The van der Waals surface area contributed by atoms with Crippen molar-refractivity contribution in [1.29, 1.82) is 0 Å². The Morgan fingerprint density at radius 3 is 2.71 bits per heavy atom. The smallest absolute Gasteiger partial charge is 0.277 e. The van der Waals surface area contributed by atoms with Crippen molar-refractivity contribution < 1.29 is 27.5 Å². The molecular formula is C21H22F4N6O2S. The van der Waals surface area contributed by atoms with E-state index in [-0.39, 0.29) is 27.2 Å². The number of alkyl halides is 2. The van der Waals surface area contributed by atoms with Crippen molar-refractivity contribution in [1.82, 2.24) is 14.8 Å². The van der Waals surface area contributed by atoms with Crippen molar-refractivity contribution in [3.8, 4) is 10.6 Å². The highest BCUT2D eigenvalue weighted by molar-refractivity contribution is 7.19. The molecule has 1 amide bonds. The molecule has 0 radical (unpaired) electrons. The van der Waals surface area contributed by atoms with Crippen molar-refractivity contribution in [2.45, 2.75) is 38.3 Å². The van der Waals surface area contributed by atoms with Crippen molar-refractivity contribution in [3.05, 3.63) is 41.7 Å². The molecule has 0 bridgehead atoms. The number of nitrogens with one attached hydrogen (secondary N) is 1. The average Bonchev–Trinajstić information content (AvgIpc) is 3.25. The third kappa shape index (κ3) is 4.99. The molecule has 1 aromatic carbocycles. The van der Waals surface area contributed by atoms with Crippen molar-refractivity contribution >= 4 is 33.8 Å². The number of thiazole rings is 1.